The average Bonchev–Trinajstić information content (AvgIpc) is 2.36. The Morgan fingerprint density at radius 1 is 1.29 bits per heavy atom. The predicted molar refractivity (Wildman–Crippen MR) is 81.5 cm³/mol. The van der Waals surface area contributed by atoms with Crippen molar-refractivity contribution in [3.8, 4) is 0 Å². The highest BCUT2D eigenvalue weighted by Crippen LogP contribution is 2.13. The van der Waals surface area contributed by atoms with E-state index in [2.05, 4.69) is 23.7 Å². The van der Waals surface area contributed by atoms with Crippen molar-refractivity contribution in [3.63, 3.8) is 0 Å². The number of aromatic nitrogens is 2. The van der Waals surface area contributed by atoms with Crippen molar-refractivity contribution in [2.24, 2.45) is 0 Å². The molecule has 5 heteroatoms. The van der Waals surface area contributed by atoms with E-state index < -0.39 is 0 Å². The fourth-order valence-corrected chi connectivity index (χ4v) is 3.09. The lowest BCUT2D eigenvalue weighted by molar-refractivity contribution is -0.0707. The van der Waals surface area contributed by atoms with Crippen LogP contribution in [0.2, 0.25) is 0 Å². The molecule has 3 rings (SSSR count). The Balaban J connectivity index is 1.90. The molecular weight excluding hydrogens is 266 g/mol. The zero-order valence-electron chi connectivity index (χ0n) is 12.7. The Morgan fingerprint density at radius 2 is 2.00 bits per heavy atom. The van der Waals surface area contributed by atoms with Gasteiger partial charge in [-0.05, 0) is 32.9 Å². The van der Waals surface area contributed by atoms with Gasteiger partial charge in [0, 0.05) is 31.4 Å². The Morgan fingerprint density at radius 3 is 2.71 bits per heavy atom. The zero-order valence-corrected chi connectivity index (χ0v) is 12.7. The van der Waals surface area contributed by atoms with E-state index in [4.69, 9.17) is 4.74 Å². The highest BCUT2D eigenvalue weighted by Gasteiger charge is 2.22. The van der Waals surface area contributed by atoms with E-state index >= 15 is 0 Å². The number of nitrogens with zero attached hydrogens (tertiary/aromatic N) is 3. The summed E-state index contributed by atoms with van der Waals surface area (Å²) in [7, 11) is 0. The minimum Gasteiger partial charge on any atom is -0.373 e. The van der Waals surface area contributed by atoms with Crippen LogP contribution in [-0.2, 0) is 11.3 Å². The zero-order chi connectivity index (χ0) is 15.0. The van der Waals surface area contributed by atoms with Gasteiger partial charge in [-0.15, -0.1) is 0 Å². The molecule has 0 spiro atoms. The van der Waals surface area contributed by atoms with Gasteiger partial charge in [0.05, 0.1) is 17.9 Å². The van der Waals surface area contributed by atoms with Gasteiger partial charge in [-0.3, -0.25) is 14.1 Å². The summed E-state index contributed by atoms with van der Waals surface area (Å²) in [5.74, 6) is 0. The molecule has 0 radical (unpaired) electrons. The van der Waals surface area contributed by atoms with Crippen LogP contribution in [0.1, 0.15) is 25.2 Å². The normalized spacial score (nSPS) is 23.6. The van der Waals surface area contributed by atoms with Gasteiger partial charge in [0.15, 0.2) is 0 Å². The van der Waals surface area contributed by atoms with E-state index in [1.165, 1.54) is 0 Å². The van der Waals surface area contributed by atoms with Crippen molar-refractivity contribution in [2.45, 2.75) is 39.5 Å². The maximum absolute atomic E-state index is 12.3. The van der Waals surface area contributed by atoms with Gasteiger partial charge in [-0.1, -0.05) is 6.07 Å². The first-order valence-corrected chi connectivity index (χ1v) is 7.39. The minimum absolute atomic E-state index is 0.0116. The van der Waals surface area contributed by atoms with Gasteiger partial charge in [0.1, 0.15) is 5.65 Å². The summed E-state index contributed by atoms with van der Waals surface area (Å²) >= 11 is 0. The van der Waals surface area contributed by atoms with Crippen LogP contribution in [0, 0.1) is 6.92 Å². The van der Waals surface area contributed by atoms with Crippen LogP contribution >= 0.6 is 0 Å². The SMILES string of the molecule is Cc1cccc2nc(CN3C[C@@H](C)O[C@@H](C)C3)cc(=O)n12. The molecule has 1 aliphatic rings. The number of fused-ring (bicyclic) bond motifs is 1. The topological polar surface area (TPSA) is 46.8 Å². The molecular formula is C16H21N3O2. The third-order valence-electron chi connectivity index (χ3n) is 3.81. The molecule has 0 N–H and O–H groups in total. The average molecular weight is 287 g/mol. The quantitative estimate of drug-likeness (QED) is 0.842. The van der Waals surface area contributed by atoms with Gasteiger partial charge in [-0.25, -0.2) is 4.98 Å². The molecule has 1 saturated heterocycles. The summed E-state index contributed by atoms with van der Waals surface area (Å²) in [5, 5.41) is 0. The summed E-state index contributed by atoms with van der Waals surface area (Å²) in [6.07, 6.45) is 0.440. The minimum atomic E-state index is -0.0116. The fraction of sp³-hybridized carbons (Fsp3) is 0.500. The van der Waals surface area contributed by atoms with Crippen LogP contribution in [-0.4, -0.2) is 39.6 Å². The van der Waals surface area contributed by atoms with E-state index in [1.54, 1.807) is 10.5 Å². The largest absolute Gasteiger partial charge is 0.373 e. The molecule has 1 aliphatic heterocycles. The van der Waals surface area contributed by atoms with Crippen LogP contribution in [0.25, 0.3) is 5.65 Å². The number of rotatable bonds is 2. The molecule has 2 aromatic rings. The number of hydrogen-bond donors (Lipinski definition) is 0. The summed E-state index contributed by atoms with van der Waals surface area (Å²) in [6.45, 7) is 8.51. The van der Waals surface area contributed by atoms with Crippen molar-refractivity contribution in [3.05, 3.63) is 46.0 Å². The highest BCUT2D eigenvalue weighted by molar-refractivity contribution is 5.40. The lowest BCUT2D eigenvalue weighted by Gasteiger charge is -2.35. The van der Waals surface area contributed by atoms with E-state index in [9.17, 15) is 4.79 Å². The molecule has 5 nitrogen and oxygen atoms in total. The summed E-state index contributed by atoms with van der Waals surface area (Å²) in [4.78, 5) is 19.2. The summed E-state index contributed by atoms with van der Waals surface area (Å²) in [6, 6.07) is 7.37. The molecule has 0 amide bonds. The molecule has 2 aromatic heterocycles. The third-order valence-corrected chi connectivity index (χ3v) is 3.81. The first kappa shape index (κ1) is 14.2. The molecule has 3 heterocycles. The standard InChI is InChI=1S/C16H21N3O2/c1-11-5-4-6-15-17-14(7-16(20)19(11)15)10-18-8-12(2)21-13(3)9-18/h4-7,12-13H,8-10H2,1-3H3/t12-,13+. The van der Waals surface area contributed by atoms with E-state index in [0.717, 1.165) is 24.5 Å². The van der Waals surface area contributed by atoms with Crippen molar-refractivity contribution < 1.29 is 4.74 Å². The maximum Gasteiger partial charge on any atom is 0.258 e. The van der Waals surface area contributed by atoms with Gasteiger partial charge in [0.2, 0.25) is 0 Å². The first-order chi connectivity index (χ1) is 10.0. The number of aryl methyl sites for hydroxylation is 1. The molecule has 112 valence electrons. The number of morpholine rings is 1. The molecule has 2 atom stereocenters. The first-order valence-electron chi connectivity index (χ1n) is 7.39. The molecule has 0 bridgehead atoms. The number of ether oxygens (including phenoxy) is 1. The van der Waals surface area contributed by atoms with Gasteiger partial charge in [-0.2, -0.15) is 0 Å². The third kappa shape index (κ3) is 2.99. The lowest BCUT2D eigenvalue weighted by Crippen LogP contribution is -2.45. The van der Waals surface area contributed by atoms with Crippen LogP contribution in [0.5, 0.6) is 0 Å². The molecule has 0 aliphatic carbocycles. The monoisotopic (exact) mass is 287 g/mol. The van der Waals surface area contributed by atoms with Crippen molar-refractivity contribution in [1.29, 1.82) is 0 Å². The predicted octanol–water partition coefficient (Wildman–Crippen LogP) is 1.61. The van der Waals surface area contributed by atoms with Crippen LogP contribution < -0.4 is 5.56 Å². The molecule has 0 unspecified atom stereocenters. The highest BCUT2D eigenvalue weighted by atomic mass is 16.5. The van der Waals surface area contributed by atoms with Crippen LogP contribution in [0.3, 0.4) is 0 Å². The second-order valence-electron chi connectivity index (χ2n) is 5.90. The molecule has 0 aromatic carbocycles. The number of pyridine rings is 1. The van der Waals surface area contributed by atoms with Gasteiger partial charge in [0.25, 0.3) is 5.56 Å². The molecule has 0 saturated carbocycles. The second kappa shape index (κ2) is 5.58. The Bertz CT molecular complexity index is 700. The van der Waals surface area contributed by atoms with Crippen LogP contribution in [0.4, 0.5) is 0 Å². The second-order valence-corrected chi connectivity index (χ2v) is 5.90. The number of hydrogen-bond acceptors (Lipinski definition) is 4. The lowest BCUT2D eigenvalue weighted by atomic mass is 10.2. The van der Waals surface area contributed by atoms with E-state index in [0.29, 0.717) is 12.2 Å². The Kier molecular flexibility index (Phi) is 3.78. The fourth-order valence-electron chi connectivity index (χ4n) is 3.09. The summed E-state index contributed by atoms with van der Waals surface area (Å²) < 4.78 is 7.38. The smallest absolute Gasteiger partial charge is 0.258 e. The molecule has 21 heavy (non-hydrogen) atoms. The van der Waals surface area contributed by atoms with Crippen molar-refractivity contribution in [1.82, 2.24) is 14.3 Å². The van der Waals surface area contributed by atoms with Crippen LogP contribution in [0.15, 0.2) is 29.1 Å². The van der Waals surface area contributed by atoms with E-state index in [1.807, 2.05) is 25.1 Å². The Labute approximate surface area is 124 Å². The summed E-state index contributed by atoms with van der Waals surface area (Å²) in [5.41, 5.74) is 2.44. The molecule has 1 fully saturated rings. The van der Waals surface area contributed by atoms with Gasteiger partial charge < -0.3 is 4.74 Å². The van der Waals surface area contributed by atoms with E-state index in [-0.39, 0.29) is 17.8 Å². The van der Waals surface area contributed by atoms with Crippen molar-refractivity contribution in [2.75, 3.05) is 13.1 Å². The van der Waals surface area contributed by atoms with Crippen molar-refractivity contribution >= 4 is 5.65 Å². The Hall–Kier alpha value is -1.72. The maximum atomic E-state index is 12.3. The van der Waals surface area contributed by atoms with Gasteiger partial charge >= 0.3 is 0 Å².